The standard InChI is InChI=1S/C15H25N3O2/c1-4-6-16-8-13-14(20-12-5-7-19-10-12)9-17-15(18-13)11(2)3/h9,11-12,16H,4-8,10H2,1-3H3. The Hall–Kier alpha value is -1.20. The molecule has 5 nitrogen and oxygen atoms in total. The first-order valence-corrected chi connectivity index (χ1v) is 7.51. The lowest BCUT2D eigenvalue weighted by atomic mass is 10.2. The highest BCUT2D eigenvalue weighted by Gasteiger charge is 2.20. The Bertz CT molecular complexity index is 418. The zero-order chi connectivity index (χ0) is 14.4. The van der Waals surface area contributed by atoms with E-state index in [0.717, 1.165) is 49.8 Å². The second kappa shape index (κ2) is 7.55. The molecule has 0 aromatic carbocycles. The van der Waals surface area contributed by atoms with E-state index in [2.05, 4.69) is 36.1 Å². The lowest BCUT2D eigenvalue weighted by Crippen LogP contribution is -2.21. The Morgan fingerprint density at radius 3 is 3.00 bits per heavy atom. The minimum Gasteiger partial charge on any atom is -0.484 e. The summed E-state index contributed by atoms with van der Waals surface area (Å²) in [7, 11) is 0. The molecular formula is C15H25N3O2. The van der Waals surface area contributed by atoms with Gasteiger partial charge in [0.05, 0.1) is 25.1 Å². The lowest BCUT2D eigenvalue weighted by Gasteiger charge is -2.16. The van der Waals surface area contributed by atoms with Crippen molar-refractivity contribution in [1.82, 2.24) is 15.3 Å². The number of hydrogen-bond donors (Lipinski definition) is 1. The van der Waals surface area contributed by atoms with E-state index in [9.17, 15) is 0 Å². The van der Waals surface area contributed by atoms with Gasteiger partial charge in [0.2, 0.25) is 0 Å². The van der Waals surface area contributed by atoms with Gasteiger partial charge in [0.1, 0.15) is 11.9 Å². The first-order chi connectivity index (χ1) is 9.70. The molecule has 0 bridgehead atoms. The Kier molecular flexibility index (Phi) is 5.73. The first-order valence-electron chi connectivity index (χ1n) is 7.51. The van der Waals surface area contributed by atoms with Crippen LogP contribution in [0.3, 0.4) is 0 Å². The topological polar surface area (TPSA) is 56.3 Å². The van der Waals surface area contributed by atoms with Crippen molar-refractivity contribution in [3.05, 3.63) is 17.7 Å². The van der Waals surface area contributed by atoms with Crippen LogP contribution in [0.4, 0.5) is 0 Å². The molecule has 1 aliphatic rings. The van der Waals surface area contributed by atoms with Crippen molar-refractivity contribution in [3.8, 4) is 5.75 Å². The normalized spacial score (nSPS) is 18.7. The fourth-order valence-corrected chi connectivity index (χ4v) is 2.09. The second-order valence-corrected chi connectivity index (χ2v) is 5.47. The summed E-state index contributed by atoms with van der Waals surface area (Å²) >= 11 is 0. The van der Waals surface area contributed by atoms with E-state index >= 15 is 0 Å². The molecule has 20 heavy (non-hydrogen) atoms. The van der Waals surface area contributed by atoms with Crippen LogP contribution >= 0.6 is 0 Å². The highest BCUT2D eigenvalue weighted by atomic mass is 16.5. The Morgan fingerprint density at radius 2 is 2.35 bits per heavy atom. The third-order valence-corrected chi connectivity index (χ3v) is 3.27. The van der Waals surface area contributed by atoms with Gasteiger partial charge in [-0.25, -0.2) is 9.97 Å². The molecule has 1 saturated heterocycles. The second-order valence-electron chi connectivity index (χ2n) is 5.47. The van der Waals surface area contributed by atoms with E-state index < -0.39 is 0 Å². The van der Waals surface area contributed by atoms with Crippen molar-refractivity contribution in [3.63, 3.8) is 0 Å². The average molecular weight is 279 g/mol. The van der Waals surface area contributed by atoms with Gasteiger partial charge in [-0.3, -0.25) is 0 Å². The molecule has 1 atom stereocenters. The molecular weight excluding hydrogens is 254 g/mol. The van der Waals surface area contributed by atoms with Crippen LogP contribution in [0.25, 0.3) is 0 Å². The first kappa shape index (κ1) is 15.2. The van der Waals surface area contributed by atoms with Crippen molar-refractivity contribution in [2.45, 2.75) is 52.2 Å². The van der Waals surface area contributed by atoms with Crippen molar-refractivity contribution in [2.24, 2.45) is 0 Å². The van der Waals surface area contributed by atoms with Gasteiger partial charge in [-0.1, -0.05) is 20.8 Å². The van der Waals surface area contributed by atoms with Crippen molar-refractivity contribution in [2.75, 3.05) is 19.8 Å². The molecule has 0 amide bonds. The molecule has 0 aliphatic carbocycles. The van der Waals surface area contributed by atoms with E-state index in [0.29, 0.717) is 12.5 Å². The molecule has 0 spiro atoms. The molecule has 112 valence electrons. The maximum atomic E-state index is 5.98. The molecule has 1 unspecified atom stereocenters. The summed E-state index contributed by atoms with van der Waals surface area (Å²) in [6, 6.07) is 0. The predicted molar refractivity (Wildman–Crippen MR) is 78.0 cm³/mol. The van der Waals surface area contributed by atoms with Crippen LogP contribution in [0.1, 0.15) is 51.0 Å². The summed E-state index contributed by atoms with van der Waals surface area (Å²) in [4.78, 5) is 9.05. The smallest absolute Gasteiger partial charge is 0.160 e. The zero-order valence-electron chi connectivity index (χ0n) is 12.7. The van der Waals surface area contributed by atoms with Gasteiger partial charge in [-0.05, 0) is 13.0 Å². The summed E-state index contributed by atoms with van der Waals surface area (Å²) in [5.41, 5.74) is 0.948. The van der Waals surface area contributed by atoms with E-state index in [1.54, 1.807) is 0 Å². The Labute approximate surface area is 121 Å². The fourth-order valence-electron chi connectivity index (χ4n) is 2.09. The number of hydrogen-bond acceptors (Lipinski definition) is 5. The lowest BCUT2D eigenvalue weighted by molar-refractivity contribution is 0.139. The van der Waals surface area contributed by atoms with Gasteiger partial charge >= 0.3 is 0 Å². The minimum atomic E-state index is 0.133. The molecule has 0 saturated carbocycles. The van der Waals surface area contributed by atoms with Crippen LogP contribution in [0.5, 0.6) is 5.75 Å². The third kappa shape index (κ3) is 4.15. The van der Waals surface area contributed by atoms with Gasteiger partial charge in [0.25, 0.3) is 0 Å². The molecule has 1 N–H and O–H groups in total. The van der Waals surface area contributed by atoms with Gasteiger partial charge in [0.15, 0.2) is 5.75 Å². The van der Waals surface area contributed by atoms with Crippen LogP contribution < -0.4 is 10.1 Å². The summed E-state index contributed by atoms with van der Waals surface area (Å²) < 4.78 is 11.3. The molecule has 0 radical (unpaired) electrons. The third-order valence-electron chi connectivity index (χ3n) is 3.27. The maximum absolute atomic E-state index is 5.98. The van der Waals surface area contributed by atoms with Crippen LogP contribution in [-0.4, -0.2) is 35.8 Å². The van der Waals surface area contributed by atoms with Gasteiger partial charge < -0.3 is 14.8 Å². The van der Waals surface area contributed by atoms with E-state index in [4.69, 9.17) is 9.47 Å². The van der Waals surface area contributed by atoms with Gasteiger partial charge in [0, 0.05) is 18.9 Å². The van der Waals surface area contributed by atoms with Gasteiger partial charge in [-0.2, -0.15) is 0 Å². The highest BCUT2D eigenvalue weighted by Crippen LogP contribution is 2.21. The van der Waals surface area contributed by atoms with Crippen LogP contribution in [0.2, 0.25) is 0 Å². The molecule has 1 fully saturated rings. The van der Waals surface area contributed by atoms with E-state index in [-0.39, 0.29) is 6.10 Å². The summed E-state index contributed by atoms with van der Waals surface area (Å²) in [6.45, 7) is 9.49. The molecule has 1 aromatic rings. The summed E-state index contributed by atoms with van der Waals surface area (Å²) in [5, 5.41) is 3.38. The van der Waals surface area contributed by atoms with Crippen LogP contribution in [0, 0.1) is 0 Å². The fraction of sp³-hybridized carbons (Fsp3) is 0.733. The summed E-state index contributed by atoms with van der Waals surface area (Å²) in [5.74, 6) is 1.98. The van der Waals surface area contributed by atoms with Crippen molar-refractivity contribution < 1.29 is 9.47 Å². The number of nitrogens with one attached hydrogen (secondary N) is 1. The Morgan fingerprint density at radius 1 is 1.50 bits per heavy atom. The van der Waals surface area contributed by atoms with Crippen molar-refractivity contribution >= 4 is 0 Å². The maximum Gasteiger partial charge on any atom is 0.160 e. The minimum absolute atomic E-state index is 0.133. The van der Waals surface area contributed by atoms with Gasteiger partial charge in [-0.15, -0.1) is 0 Å². The molecule has 5 heteroatoms. The molecule has 1 aromatic heterocycles. The number of rotatable bonds is 7. The number of nitrogens with zero attached hydrogens (tertiary/aromatic N) is 2. The van der Waals surface area contributed by atoms with E-state index in [1.165, 1.54) is 0 Å². The Balaban J connectivity index is 2.10. The molecule has 1 aliphatic heterocycles. The zero-order valence-corrected chi connectivity index (χ0v) is 12.7. The highest BCUT2D eigenvalue weighted by molar-refractivity contribution is 5.25. The van der Waals surface area contributed by atoms with E-state index in [1.807, 2.05) is 6.20 Å². The van der Waals surface area contributed by atoms with Crippen LogP contribution in [0.15, 0.2) is 6.20 Å². The monoisotopic (exact) mass is 279 g/mol. The number of ether oxygens (including phenoxy) is 2. The van der Waals surface area contributed by atoms with Crippen LogP contribution in [-0.2, 0) is 11.3 Å². The SMILES string of the molecule is CCCNCc1nc(C(C)C)ncc1OC1CCOC1. The van der Waals surface area contributed by atoms with Crippen molar-refractivity contribution in [1.29, 1.82) is 0 Å². The molecule has 2 rings (SSSR count). The summed E-state index contributed by atoms with van der Waals surface area (Å²) in [6.07, 6.45) is 3.99. The quantitative estimate of drug-likeness (QED) is 0.776. The number of aromatic nitrogens is 2. The predicted octanol–water partition coefficient (Wildman–Crippen LogP) is 2.27. The molecule has 2 heterocycles. The largest absolute Gasteiger partial charge is 0.484 e. The average Bonchev–Trinajstić information content (AvgIpc) is 2.93.